The molecule has 2 aromatic rings. The van der Waals surface area contributed by atoms with Gasteiger partial charge in [-0.2, -0.15) is 0 Å². The van der Waals surface area contributed by atoms with E-state index in [9.17, 15) is 9.59 Å². The summed E-state index contributed by atoms with van der Waals surface area (Å²) in [6, 6.07) is 14.9. The van der Waals surface area contributed by atoms with Crippen LogP contribution >= 0.6 is 0 Å². The van der Waals surface area contributed by atoms with Gasteiger partial charge in [0.05, 0.1) is 6.61 Å². The first-order valence-electron chi connectivity index (χ1n) is 8.44. The second-order valence-corrected chi connectivity index (χ2v) is 5.90. The Kier molecular flexibility index (Phi) is 7.02. The second-order valence-electron chi connectivity index (χ2n) is 5.90. The first-order valence-corrected chi connectivity index (χ1v) is 8.44. The molecule has 0 bridgehead atoms. The van der Waals surface area contributed by atoms with Crippen LogP contribution in [-0.4, -0.2) is 37.2 Å². The first kappa shape index (κ1) is 19.3. The number of likely N-dealkylation sites (N-methyl/N-ethyl adjacent to an activating group) is 1. The molecule has 0 radical (unpaired) electrons. The van der Waals surface area contributed by atoms with E-state index < -0.39 is 6.09 Å². The lowest BCUT2D eigenvalue weighted by Gasteiger charge is -2.18. The molecule has 0 saturated carbocycles. The Morgan fingerprint density at radius 1 is 1.12 bits per heavy atom. The van der Waals surface area contributed by atoms with Crippen molar-refractivity contribution in [2.75, 3.05) is 25.6 Å². The topological polar surface area (TPSA) is 67.9 Å². The van der Waals surface area contributed by atoms with Crippen LogP contribution in [-0.2, 0) is 16.1 Å². The molecule has 0 aliphatic rings. The molecule has 0 spiro atoms. The van der Waals surface area contributed by atoms with Crippen LogP contribution in [0.15, 0.2) is 48.5 Å². The van der Waals surface area contributed by atoms with E-state index in [0.29, 0.717) is 24.6 Å². The second kappa shape index (κ2) is 9.46. The Balaban J connectivity index is 1.86. The monoisotopic (exact) mass is 356 g/mol. The third-order valence-electron chi connectivity index (χ3n) is 3.68. The number of nitrogens with one attached hydrogen (secondary N) is 1. The van der Waals surface area contributed by atoms with Gasteiger partial charge >= 0.3 is 6.09 Å². The van der Waals surface area contributed by atoms with Gasteiger partial charge in [0.1, 0.15) is 5.75 Å². The van der Waals surface area contributed by atoms with Crippen molar-refractivity contribution in [3.8, 4) is 5.75 Å². The number of ether oxygens (including phenoxy) is 2. The summed E-state index contributed by atoms with van der Waals surface area (Å²) in [5.74, 6) is 0.366. The Morgan fingerprint density at radius 2 is 1.85 bits per heavy atom. The van der Waals surface area contributed by atoms with Crippen LogP contribution in [0.3, 0.4) is 0 Å². The highest BCUT2D eigenvalue weighted by atomic mass is 16.5. The predicted molar refractivity (Wildman–Crippen MR) is 100 cm³/mol. The number of carbonyl (C=O) groups is 2. The van der Waals surface area contributed by atoms with Crippen molar-refractivity contribution in [1.29, 1.82) is 0 Å². The summed E-state index contributed by atoms with van der Waals surface area (Å²) in [5.41, 5.74) is 2.79. The van der Waals surface area contributed by atoms with E-state index in [1.165, 1.54) is 5.56 Å². The van der Waals surface area contributed by atoms with Crippen molar-refractivity contribution >= 4 is 17.7 Å². The van der Waals surface area contributed by atoms with E-state index in [4.69, 9.17) is 9.47 Å². The molecule has 0 unspecified atom stereocenters. The normalized spacial score (nSPS) is 10.1. The molecule has 0 aromatic heterocycles. The molecule has 2 aromatic carbocycles. The third kappa shape index (κ3) is 6.12. The number of aryl methyl sites for hydroxylation is 1. The SMILES string of the molecule is CCOC(=O)Nc1cccc(OCC(=O)N(C)Cc2ccc(C)cc2)c1. The van der Waals surface area contributed by atoms with Gasteiger partial charge in [-0.05, 0) is 31.5 Å². The van der Waals surface area contributed by atoms with Gasteiger partial charge in [-0.15, -0.1) is 0 Å². The summed E-state index contributed by atoms with van der Waals surface area (Å²) in [6.45, 7) is 4.50. The molecular weight excluding hydrogens is 332 g/mol. The maximum absolute atomic E-state index is 12.2. The molecule has 26 heavy (non-hydrogen) atoms. The number of anilines is 1. The number of carbonyl (C=O) groups excluding carboxylic acids is 2. The number of rotatable bonds is 7. The number of benzene rings is 2. The van der Waals surface area contributed by atoms with E-state index in [0.717, 1.165) is 5.56 Å². The van der Waals surface area contributed by atoms with Crippen LogP contribution in [0.2, 0.25) is 0 Å². The van der Waals surface area contributed by atoms with Gasteiger partial charge in [-0.3, -0.25) is 10.1 Å². The van der Waals surface area contributed by atoms with Crippen molar-refractivity contribution in [3.63, 3.8) is 0 Å². The molecule has 138 valence electrons. The van der Waals surface area contributed by atoms with E-state index >= 15 is 0 Å². The smallest absolute Gasteiger partial charge is 0.411 e. The van der Waals surface area contributed by atoms with Crippen LogP contribution in [0, 0.1) is 6.92 Å². The molecule has 0 saturated heterocycles. The van der Waals surface area contributed by atoms with Crippen LogP contribution in [0.5, 0.6) is 5.75 Å². The van der Waals surface area contributed by atoms with Gasteiger partial charge in [-0.25, -0.2) is 4.79 Å². The molecule has 0 fully saturated rings. The molecular formula is C20H24N2O4. The lowest BCUT2D eigenvalue weighted by Crippen LogP contribution is -2.30. The van der Waals surface area contributed by atoms with E-state index in [1.807, 2.05) is 31.2 Å². The number of hydrogen-bond donors (Lipinski definition) is 1. The highest BCUT2D eigenvalue weighted by molar-refractivity contribution is 5.84. The summed E-state index contributed by atoms with van der Waals surface area (Å²) in [7, 11) is 1.74. The standard InChI is InChI=1S/C20H24N2O4/c1-4-25-20(24)21-17-6-5-7-18(12-17)26-14-19(23)22(3)13-16-10-8-15(2)9-11-16/h5-12H,4,13-14H2,1-3H3,(H,21,24). The first-order chi connectivity index (χ1) is 12.5. The van der Waals surface area contributed by atoms with Crippen LogP contribution in [0.4, 0.5) is 10.5 Å². The summed E-state index contributed by atoms with van der Waals surface area (Å²) < 4.78 is 10.4. The van der Waals surface area contributed by atoms with E-state index in [1.54, 1.807) is 43.1 Å². The fraction of sp³-hybridized carbons (Fsp3) is 0.300. The molecule has 6 heteroatoms. The lowest BCUT2D eigenvalue weighted by atomic mass is 10.1. The molecule has 2 rings (SSSR count). The molecule has 0 aliphatic heterocycles. The van der Waals surface area contributed by atoms with E-state index in [2.05, 4.69) is 5.32 Å². The summed E-state index contributed by atoms with van der Waals surface area (Å²) in [4.78, 5) is 25.3. The minimum Gasteiger partial charge on any atom is -0.484 e. The molecule has 6 nitrogen and oxygen atoms in total. The van der Waals surface area contributed by atoms with Gasteiger partial charge in [0.15, 0.2) is 6.61 Å². The third-order valence-corrected chi connectivity index (χ3v) is 3.68. The predicted octanol–water partition coefficient (Wildman–Crippen LogP) is 3.60. The van der Waals surface area contributed by atoms with Gasteiger partial charge in [0.25, 0.3) is 5.91 Å². The minimum atomic E-state index is -0.529. The minimum absolute atomic E-state index is 0.0782. The lowest BCUT2D eigenvalue weighted by molar-refractivity contribution is -0.132. The van der Waals surface area contributed by atoms with Crippen molar-refractivity contribution in [3.05, 3.63) is 59.7 Å². The highest BCUT2D eigenvalue weighted by Gasteiger charge is 2.11. The van der Waals surface area contributed by atoms with Crippen LogP contribution < -0.4 is 10.1 Å². The molecule has 2 amide bonds. The molecule has 1 N–H and O–H groups in total. The van der Waals surface area contributed by atoms with Gasteiger partial charge < -0.3 is 14.4 Å². The fourth-order valence-electron chi connectivity index (χ4n) is 2.26. The number of hydrogen-bond acceptors (Lipinski definition) is 4. The van der Waals surface area contributed by atoms with Crippen LogP contribution in [0.25, 0.3) is 0 Å². The average Bonchev–Trinajstić information content (AvgIpc) is 2.62. The largest absolute Gasteiger partial charge is 0.484 e. The Morgan fingerprint density at radius 3 is 2.54 bits per heavy atom. The van der Waals surface area contributed by atoms with Crippen molar-refractivity contribution in [2.45, 2.75) is 20.4 Å². The molecule has 0 heterocycles. The van der Waals surface area contributed by atoms with Crippen molar-refractivity contribution in [2.24, 2.45) is 0 Å². The average molecular weight is 356 g/mol. The number of amides is 2. The maximum Gasteiger partial charge on any atom is 0.411 e. The summed E-state index contributed by atoms with van der Waals surface area (Å²) in [5, 5.41) is 2.59. The zero-order chi connectivity index (χ0) is 18.9. The summed E-state index contributed by atoms with van der Waals surface area (Å²) in [6.07, 6.45) is -0.529. The quantitative estimate of drug-likeness (QED) is 0.823. The molecule has 0 atom stereocenters. The van der Waals surface area contributed by atoms with Gasteiger partial charge in [-0.1, -0.05) is 35.9 Å². The number of nitrogens with zero attached hydrogens (tertiary/aromatic N) is 1. The van der Waals surface area contributed by atoms with Crippen molar-refractivity contribution in [1.82, 2.24) is 4.90 Å². The highest BCUT2D eigenvalue weighted by Crippen LogP contribution is 2.17. The van der Waals surface area contributed by atoms with Gasteiger partial charge in [0.2, 0.25) is 0 Å². The zero-order valence-corrected chi connectivity index (χ0v) is 15.3. The maximum atomic E-state index is 12.2. The van der Waals surface area contributed by atoms with Gasteiger partial charge in [0, 0.05) is 25.3 Å². The summed E-state index contributed by atoms with van der Waals surface area (Å²) >= 11 is 0. The molecule has 0 aliphatic carbocycles. The van der Waals surface area contributed by atoms with E-state index in [-0.39, 0.29) is 12.5 Å². The van der Waals surface area contributed by atoms with Crippen LogP contribution in [0.1, 0.15) is 18.1 Å². The Labute approximate surface area is 153 Å². The Hall–Kier alpha value is -3.02. The Bertz CT molecular complexity index is 744. The van der Waals surface area contributed by atoms with Crippen molar-refractivity contribution < 1.29 is 19.1 Å². The fourth-order valence-corrected chi connectivity index (χ4v) is 2.26. The zero-order valence-electron chi connectivity index (χ0n) is 15.3.